The zero-order valence-electron chi connectivity index (χ0n) is 39.5. The molecule has 0 amide bonds. The molecule has 0 aliphatic heterocycles. The number of esters is 2. The van der Waals surface area contributed by atoms with E-state index in [1.165, 1.54) is 21.5 Å². The van der Waals surface area contributed by atoms with E-state index in [2.05, 4.69) is 85.0 Å². The zero-order valence-corrected chi connectivity index (χ0v) is 40.4. The van der Waals surface area contributed by atoms with Crippen LogP contribution in [0.3, 0.4) is 0 Å². The Balaban J connectivity index is 0.858. The lowest BCUT2D eigenvalue weighted by atomic mass is 10.1. The number of phosphoric acid groups is 1. The third-order valence-electron chi connectivity index (χ3n) is 11.0. The van der Waals surface area contributed by atoms with Crippen LogP contribution in [-0.4, -0.2) is 88.1 Å². The Kier molecular flexibility index (Phi) is 20.0. The summed E-state index contributed by atoms with van der Waals surface area (Å²) in [5, 5.41) is 4.85. The number of quaternary nitrogens is 1. The first-order valence-electron chi connectivity index (χ1n) is 23.4. The molecule has 0 saturated heterocycles. The van der Waals surface area contributed by atoms with Gasteiger partial charge in [0.05, 0.1) is 41.0 Å². The molecule has 1 unspecified atom stereocenters. The van der Waals surface area contributed by atoms with Gasteiger partial charge in [-0.15, -0.1) is 0 Å². The summed E-state index contributed by atoms with van der Waals surface area (Å²) in [6.07, 6.45) is 11.5. The highest BCUT2D eigenvalue weighted by Gasteiger charge is 2.27. The summed E-state index contributed by atoms with van der Waals surface area (Å²) < 4.78 is 46.3. The number of nitrogens with zero attached hydrogens (tertiary/aromatic N) is 1. The van der Waals surface area contributed by atoms with Gasteiger partial charge in [0.25, 0.3) is 0 Å². The van der Waals surface area contributed by atoms with Gasteiger partial charge in [-0.3, -0.25) is 18.6 Å². The van der Waals surface area contributed by atoms with Gasteiger partial charge in [-0.25, -0.2) is 4.57 Å². The predicted octanol–water partition coefficient (Wildman–Crippen LogP) is 12.2. The third-order valence-corrected chi connectivity index (χ3v) is 12.0. The van der Waals surface area contributed by atoms with Crippen LogP contribution in [0.25, 0.3) is 45.8 Å². The first-order valence-corrected chi connectivity index (χ1v) is 24.9. The fourth-order valence-electron chi connectivity index (χ4n) is 7.10. The van der Waals surface area contributed by atoms with Gasteiger partial charge < -0.3 is 28.3 Å². The standard InChI is InChI=1S/C56H64NO10P/c1-57(2,3)36-39-65-68(60,61)66-43-54(67-56(59)19-7-5-13-38-63-53-34-28-45(29-35-53)21-23-47-25-31-49-15-9-11-17-51(49)41-47)42-64-55(58)18-6-4-12-37-62-52-32-26-44(27-33-52)20-22-46-24-30-48-14-8-10-16-50(48)40-46/h8-11,14-17,20-35,40-41,54H,4-7,12-13,18-19,36-39,42-43H2,1-3H3/p+1/b22-20+,23-21+/t54-/m1/s1. The lowest BCUT2D eigenvalue weighted by Gasteiger charge is -2.24. The smallest absolute Gasteiger partial charge is 0.472 e. The third kappa shape index (κ3) is 18.9. The Morgan fingerprint density at radius 3 is 1.49 bits per heavy atom. The molecule has 358 valence electrons. The highest BCUT2D eigenvalue weighted by Crippen LogP contribution is 2.43. The van der Waals surface area contributed by atoms with Crippen LogP contribution in [-0.2, 0) is 32.7 Å². The van der Waals surface area contributed by atoms with Crippen molar-refractivity contribution in [2.75, 3.05) is 60.7 Å². The lowest BCUT2D eigenvalue weighted by Crippen LogP contribution is -2.37. The Morgan fingerprint density at radius 1 is 0.529 bits per heavy atom. The summed E-state index contributed by atoms with van der Waals surface area (Å²) in [5.41, 5.74) is 4.40. The van der Waals surface area contributed by atoms with Gasteiger partial charge in [0.15, 0.2) is 6.10 Å². The molecule has 6 rings (SSSR count). The minimum atomic E-state index is -4.46. The maximum atomic E-state index is 12.9. The molecule has 0 heterocycles. The Labute approximate surface area is 401 Å². The molecule has 12 heteroatoms. The number of hydrogen-bond donors (Lipinski definition) is 1. The molecule has 0 aromatic heterocycles. The van der Waals surface area contributed by atoms with E-state index in [1.807, 2.05) is 93.9 Å². The maximum absolute atomic E-state index is 12.9. The zero-order chi connectivity index (χ0) is 48.0. The van der Waals surface area contributed by atoms with E-state index < -0.39 is 32.5 Å². The van der Waals surface area contributed by atoms with Crippen molar-refractivity contribution < 1.29 is 51.5 Å². The van der Waals surface area contributed by atoms with Crippen molar-refractivity contribution in [3.63, 3.8) is 0 Å². The number of likely N-dealkylation sites (N-methyl/N-ethyl adjacent to an activating group) is 1. The van der Waals surface area contributed by atoms with Gasteiger partial charge in [0.2, 0.25) is 0 Å². The molecule has 0 bridgehead atoms. The number of benzene rings is 6. The normalized spacial score (nSPS) is 13.2. The molecule has 0 aliphatic rings. The largest absolute Gasteiger partial charge is 0.494 e. The number of phosphoric ester groups is 1. The molecule has 2 atom stereocenters. The van der Waals surface area contributed by atoms with Crippen molar-refractivity contribution >= 4 is 65.6 Å². The number of rotatable bonds is 28. The highest BCUT2D eigenvalue weighted by molar-refractivity contribution is 7.47. The molecule has 6 aromatic carbocycles. The number of ether oxygens (including phenoxy) is 4. The van der Waals surface area contributed by atoms with Crippen LogP contribution in [0.2, 0.25) is 0 Å². The Bertz CT molecular complexity index is 2620. The SMILES string of the molecule is C[N+](C)(C)CCOP(=O)(O)OC[C@@H](COC(=O)CCCCCOc1ccc(/C=C/c2ccc3ccccc3c2)cc1)OC(=O)CCCCCOc1ccc(/C=C/c2ccc3ccccc3c2)cc1. The van der Waals surface area contributed by atoms with Crippen molar-refractivity contribution in [2.45, 2.75) is 57.5 Å². The molecule has 0 fully saturated rings. The molecule has 6 aromatic rings. The van der Waals surface area contributed by atoms with Crippen molar-refractivity contribution in [1.82, 2.24) is 0 Å². The van der Waals surface area contributed by atoms with Crippen molar-refractivity contribution in [2.24, 2.45) is 0 Å². The van der Waals surface area contributed by atoms with Crippen LogP contribution < -0.4 is 9.47 Å². The maximum Gasteiger partial charge on any atom is 0.472 e. The number of fused-ring (bicyclic) bond motifs is 2. The fourth-order valence-corrected chi connectivity index (χ4v) is 7.84. The topological polar surface area (TPSA) is 127 Å². The minimum absolute atomic E-state index is 0.0158. The second-order valence-corrected chi connectivity index (χ2v) is 19.2. The molecule has 0 radical (unpaired) electrons. The second-order valence-electron chi connectivity index (χ2n) is 17.7. The number of hydrogen-bond acceptors (Lipinski definition) is 9. The molecular weight excluding hydrogens is 878 g/mol. The first kappa shape index (κ1) is 51.3. The van der Waals surface area contributed by atoms with Crippen molar-refractivity contribution in [1.29, 1.82) is 0 Å². The quantitative estimate of drug-likeness (QED) is 0.0167. The molecule has 0 spiro atoms. The average Bonchev–Trinajstić information content (AvgIpc) is 3.33. The van der Waals surface area contributed by atoms with Crippen LogP contribution in [0.4, 0.5) is 0 Å². The van der Waals surface area contributed by atoms with E-state index in [9.17, 15) is 19.0 Å². The van der Waals surface area contributed by atoms with Crippen molar-refractivity contribution in [3.05, 3.63) is 156 Å². The van der Waals surface area contributed by atoms with Crippen LogP contribution in [0.1, 0.15) is 73.6 Å². The number of carbonyl (C=O) groups is 2. The highest BCUT2D eigenvalue weighted by atomic mass is 31.2. The fraction of sp³-hybridized carbons (Fsp3) is 0.321. The van der Waals surface area contributed by atoms with Gasteiger partial charge in [0, 0.05) is 12.8 Å². The first-order chi connectivity index (χ1) is 32.9. The monoisotopic (exact) mass is 942 g/mol. The summed E-state index contributed by atoms with van der Waals surface area (Å²) in [5.74, 6) is 0.530. The van der Waals surface area contributed by atoms with Crippen molar-refractivity contribution in [3.8, 4) is 11.5 Å². The number of carbonyl (C=O) groups excluding carboxylic acids is 2. The summed E-state index contributed by atoms with van der Waals surface area (Å²) in [6, 6.07) is 45.2. The average molecular weight is 943 g/mol. The van der Waals surface area contributed by atoms with Crippen LogP contribution in [0, 0.1) is 0 Å². The molecule has 68 heavy (non-hydrogen) atoms. The van der Waals surface area contributed by atoms with Crippen LogP contribution in [0.15, 0.2) is 133 Å². The van der Waals surface area contributed by atoms with Gasteiger partial charge in [-0.1, -0.05) is 121 Å². The summed E-state index contributed by atoms with van der Waals surface area (Å²) in [7, 11) is 1.32. The Morgan fingerprint density at radius 2 is 0.985 bits per heavy atom. The minimum Gasteiger partial charge on any atom is -0.494 e. The van der Waals surface area contributed by atoms with E-state index in [-0.39, 0.29) is 26.1 Å². The molecule has 0 saturated carbocycles. The van der Waals surface area contributed by atoms with E-state index in [0.29, 0.717) is 43.5 Å². The number of unbranched alkanes of at least 4 members (excludes halogenated alkanes) is 4. The van der Waals surface area contributed by atoms with Crippen LogP contribution in [0.5, 0.6) is 11.5 Å². The van der Waals surface area contributed by atoms with Gasteiger partial charge in [-0.2, -0.15) is 0 Å². The second kappa shape index (κ2) is 26.5. The van der Waals surface area contributed by atoms with E-state index in [0.717, 1.165) is 53.0 Å². The Hall–Kier alpha value is -6.07. The summed E-state index contributed by atoms with van der Waals surface area (Å²) in [6.45, 7) is 0.631. The summed E-state index contributed by atoms with van der Waals surface area (Å²) >= 11 is 0. The van der Waals surface area contributed by atoms with E-state index in [1.54, 1.807) is 0 Å². The molecule has 1 N–H and O–H groups in total. The van der Waals surface area contributed by atoms with Gasteiger partial charge >= 0.3 is 19.8 Å². The lowest BCUT2D eigenvalue weighted by molar-refractivity contribution is -0.870. The van der Waals surface area contributed by atoms with E-state index in [4.69, 9.17) is 28.0 Å². The molecular formula is C56H65NO10P+. The van der Waals surface area contributed by atoms with E-state index >= 15 is 0 Å². The summed E-state index contributed by atoms with van der Waals surface area (Å²) in [4.78, 5) is 35.8. The van der Waals surface area contributed by atoms with Crippen LogP contribution >= 0.6 is 7.82 Å². The predicted molar refractivity (Wildman–Crippen MR) is 272 cm³/mol. The van der Waals surface area contributed by atoms with Gasteiger partial charge in [0.1, 0.15) is 31.3 Å². The molecule has 11 nitrogen and oxygen atoms in total. The molecule has 0 aliphatic carbocycles. The van der Waals surface area contributed by atoms with Gasteiger partial charge in [-0.05, 0) is 119 Å².